The van der Waals surface area contributed by atoms with Crippen LogP contribution < -0.4 is 21.7 Å². The fourth-order valence-corrected chi connectivity index (χ4v) is 8.00. The Balaban J connectivity index is 1.41. The van der Waals surface area contributed by atoms with E-state index in [1.807, 2.05) is 24.3 Å². The molecule has 268 valence electrons. The summed E-state index contributed by atoms with van der Waals surface area (Å²) in [5.41, 5.74) is 5.86. The Morgan fingerprint density at radius 1 is 0.959 bits per heavy atom. The summed E-state index contributed by atoms with van der Waals surface area (Å²) < 4.78 is 4.32. The van der Waals surface area contributed by atoms with Crippen molar-refractivity contribution >= 4 is 58.7 Å². The van der Waals surface area contributed by atoms with E-state index in [-0.39, 0.29) is 24.8 Å². The number of esters is 1. The van der Waals surface area contributed by atoms with Gasteiger partial charge in [-0.2, -0.15) is 0 Å². The number of rotatable bonds is 11. The first-order valence-electron chi connectivity index (χ1n) is 16.9. The number of alkyl halides is 2. The van der Waals surface area contributed by atoms with E-state index in [1.54, 1.807) is 41.5 Å². The first kappa shape index (κ1) is 36.9. The molecule has 2 saturated carbocycles. The number of nitrogens with one attached hydrogen (secondary N) is 3. The number of piperidine rings is 1. The molecule has 1 aromatic rings. The summed E-state index contributed by atoms with van der Waals surface area (Å²) in [6, 6.07) is 2.58. The number of carbonyl (C=O) groups is 6. The largest absolute Gasteiger partial charge is 0.458 e. The van der Waals surface area contributed by atoms with Gasteiger partial charge in [-0.25, -0.2) is 9.59 Å². The summed E-state index contributed by atoms with van der Waals surface area (Å²) in [7, 11) is 0. The number of carbonyl (C=O) groups excluding carboxylic acids is 6. The highest BCUT2D eigenvalue weighted by molar-refractivity contribution is 6.51. The van der Waals surface area contributed by atoms with E-state index in [0.717, 1.165) is 24.0 Å². The minimum Gasteiger partial charge on any atom is -0.458 e. The van der Waals surface area contributed by atoms with Crippen LogP contribution in [0, 0.1) is 29.1 Å². The average Bonchev–Trinajstić information content (AvgIpc) is 3.74. The summed E-state index contributed by atoms with van der Waals surface area (Å²) in [5, 5.41) is 8.26. The van der Waals surface area contributed by atoms with E-state index in [4.69, 9.17) is 33.7 Å². The number of halogens is 2. The van der Waals surface area contributed by atoms with Crippen LogP contribution in [0.3, 0.4) is 0 Å². The fourth-order valence-electron chi connectivity index (χ4n) is 7.17. The predicted octanol–water partition coefficient (Wildman–Crippen LogP) is 2.80. The lowest BCUT2D eigenvalue weighted by molar-refractivity contribution is -0.160. The molecule has 4 aliphatic rings. The van der Waals surface area contributed by atoms with Gasteiger partial charge in [-0.05, 0) is 68.4 Å². The number of nitrogens with zero attached hydrogens (tertiary/aromatic N) is 1. The van der Waals surface area contributed by atoms with Crippen molar-refractivity contribution in [1.29, 1.82) is 0 Å². The van der Waals surface area contributed by atoms with Crippen molar-refractivity contribution in [3.05, 3.63) is 35.4 Å². The monoisotopic (exact) mass is 719 g/mol. The summed E-state index contributed by atoms with van der Waals surface area (Å²) in [5.74, 6) is -5.11. The molecular formula is C35H47Cl2N5O7. The van der Waals surface area contributed by atoms with Gasteiger partial charge >= 0.3 is 12.0 Å². The molecule has 49 heavy (non-hydrogen) atoms. The van der Waals surface area contributed by atoms with Crippen molar-refractivity contribution in [2.24, 2.45) is 34.8 Å². The number of hydrogen-bond donors (Lipinski definition) is 4. The van der Waals surface area contributed by atoms with E-state index >= 15 is 0 Å². The summed E-state index contributed by atoms with van der Waals surface area (Å²) in [6.45, 7) is 10.6. The minimum atomic E-state index is -1.27. The second-order valence-electron chi connectivity index (χ2n) is 16.1. The van der Waals surface area contributed by atoms with Gasteiger partial charge in [0.1, 0.15) is 28.1 Å². The molecule has 0 spiro atoms. The Kier molecular flexibility index (Phi) is 10.1. The van der Waals surface area contributed by atoms with Crippen LogP contribution in [0.5, 0.6) is 0 Å². The van der Waals surface area contributed by atoms with Crippen LogP contribution in [0.2, 0.25) is 0 Å². The zero-order valence-electron chi connectivity index (χ0n) is 28.8. The number of hydrogen-bond acceptors (Lipinski definition) is 7. The van der Waals surface area contributed by atoms with Crippen molar-refractivity contribution in [3.63, 3.8) is 0 Å². The van der Waals surface area contributed by atoms with Crippen molar-refractivity contribution in [2.75, 3.05) is 6.54 Å². The van der Waals surface area contributed by atoms with Crippen LogP contribution >= 0.6 is 23.2 Å². The van der Waals surface area contributed by atoms with Crippen LogP contribution in [0.4, 0.5) is 4.79 Å². The first-order valence-corrected chi connectivity index (χ1v) is 17.6. The van der Waals surface area contributed by atoms with Gasteiger partial charge in [0.15, 0.2) is 0 Å². The molecule has 1 aromatic carbocycles. The molecule has 12 nitrogen and oxygen atoms in total. The Morgan fingerprint density at radius 3 is 2.06 bits per heavy atom. The highest BCUT2D eigenvalue weighted by Crippen LogP contribution is 2.65. The molecular weight excluding hydrogens is 673 g/mol. The van der Waals surface area contributed by atoms with Crippen molar-refractivity contribution in [1.82, 2.24) is 20.9 Å². The normalized spacial score (nSPS) is 24.5. The van der Waals surface area contributed by atoms with Gasteiger partial charge in [-0.3, -0.25) is 19.2 Å². The van der Waals surface area contributed by atoms with Crippen LogP contribution in [0.15, 0.2) is 24.3 Å². The van der Waals surface area contributed by atoms with Crippen LogP contribution in [0.1, 0.15) is 71.9 Å². The van der Waals surface area contributed by atoms with Gasteiger partial charge < -0.3 is 31.3 Å². The van der Waals surface area contributed by atoms with Crippen molar-refractivity contribution in [2.45, 2.75) is 108 Å². The number of urea groups is 1. The van der Waals surface area contributed by atoms with Crippen LogP contribution in [-0.4, -0.2) is 81.1 Å². The van der Waals surface area contributed by atoms with Gasteiger partial charge in [-0.15, -0.1) is 23.2 Å². The number of ether oxygens (including phenoxy) is 1. The number of amides is 5. The quantitative estimate of drug-likeness (QED) is 0.154. The fraction of sp³-hybridized carbons (Fsp3) is 0.657. The van der Waals surface area contributed by atoms with Gasteiger partial charge in [-0.1, -0.05) is 57.9 Å². The lowest BCUT2D eigenvalue weighted by Crippen LogP contribution is -2.62. The maximum Gasteiger partial charge on any atom is 0.329 e. The Labute approximate surface area is 296 Å². The third kappa shape index (κ3) is 8.17. The number of ketones is 1. The lowest BCUT2D eigenvalue weighted by Gasteiger charge is -2.36. The lowest BCUT2D eigenvalue weighted by atomic mass is 9.86. The molecule has 5 N–H and O–H groups in total. The third-order valence-electron chi connectivity index (χ3n) is 9.92. The molecule has 3 fully saturated rings. The number of likely N-dealkylation sites (tertiary alicyclic amines) is 1. The zero-order valence-corrected chi connectivity index (χ0v) is 30.3. The van der Waals surface area contributed by atoms with Crippen LogP contribution in [0.25, 0.3) is 0 Å². The standard InChI is InChI=1S/C35H47Cl2N5O7/c1-33(2,3)27(31(47)49-34(4,5)6)41-32(48)40-24(20-14-18-9-7-8-10-19(18)15-20)30(46)42-16-21-23(35(21,36)37)25(42)29(45)39-22(13-17-11-12-17)26(43)28(38)44/h7-10,17,20-25,27H,11-16H2,1-6H3,(H2,38,44)(H,39,45)(H2,40,41,48)/t21-,22?,23-,24-,25-,27+/m0/s1. The van der Waals surface area contributed by atoms with E-state index in [0.29, 0.717) is 12.8 Å². The molecule has 3 aliphatic carbocycles. The highest BCUT2D eigenvalue weighted by atomic mass is 35.5. The van der Waals surface area contributed by atoms with E-state index < -0.39 is 86.9 Å². The SMILES string of the molecule is CC(C)(C)OC(=O)[C@@H](NC(=O)N[C@H](C(=O)N1C[C@H]2[C@@H]([C@H]1C(=O)NC(CC1CC1)C(=O)C(N)=O)C2(Cl)Cl)C1Cc2ccccc2C1)C(C)(C)C. The number of nitrogens with two attached hydrogens (primary N) is 1. The maximum absolute atomic E-state index is 14.6. The third-order valence-corrected chi connectivity index (χ3v) is 11.0. The summed E-state index contributed by atoms with van der Waals surface area (Å²) in [6.07, 6.45) is 2.97. The predicted molar refractivity (Wildman–Crippen MR) is 182 cm³/mol. The molecule has 0 radical (unpaired) electrons. The van der Waals surface area contributed by atoms with Crippen LogP contribution in [-0.2, 0) is 41.6 Å². The van der Waals surface area contributed by atoms with Crippen molar-refractivity contribution in [3.8, 4) is 0 Å². The molecule has 0 aromatic heterocycles. The second kappa shape index (κ2) is 13.4. The zero-order chi connectivity index (χ0) is 36.2. The number of primary amides is 1. The van der Waals surface area contributed by atoms with E-state index in [2.05, 4.69) is 16.0 Å². The van der Waals surface area contributed by atoms with Gasteiger partial charge in [0, 0.05) is 18.4 Å². The number of Topliss-reactive ketones (excluding diaryl/α,β-unsaturated/α-hetero) is 1. The second-order valence-corrected chi connectivity index (χ2v) is 17.5. The molecule has 1 unspecified atom stereocenters. The molecule has 5 rings (SSSR count). The Bertz CT molecular complexity index is 1510. The topological polar surface area (TPSA) is 177 Å². The number of benzene rings is 1. The Hall–Kier alpha value is -3.38. The molecule has 1 heterocycles. The van der Waals surface area contributed by atoms with Crippen molar-refractivity contribution < 1.29 is 33.5 Å². The molecule has 14 heteroatoms. The Morgan fingerprint density at radius 2 is 1.55 bits per heavy atom. The van der Waals surface area contributed by atoms with E-state index in [9.17, 15) is 28.8 Å². The first-order chi connectivity index (χ1) is 22.7. The highest BCUT2D eigenvalue weighted by Gasteiger charge is 2.74. The molecule has 1 aliphatic heterocycles. The molecule has 5 amide bonds. The molecule has 1 saturated heterocycles. The van der Waals surface area contributed by atoms with Gasteiger partial charge in [0.25, 0.3) is 5.91 Å². The van der Waals surface area contributed by atoms with E-state index in [1.165, 1.54) is 4.90 Å². The molecule has 6 atom stereocenters. The maximum atomic E-state index is 14.6. The summed E-state index contributed by atoms with van der Waals surface area (Å²) in [4.78, 5) is 81.3. The van der Waals surface area contributed by atoms with Gasteiger partial charge in [0.05, 0.1) is 6.04 Å². The molecule has 0 bridgehead atoms. The minimum absolute atomic E-state index is 0.0492. The average molecular weight is 721 g/mol. The summed E-state index contributed by atoms with van der Waals surface area (Å²) >= 11 is 13.1. The smallest absolute Gasteiger partial charge is 0.329 e. The van der Waals surface area contributed by atoms with Gasteiger partial charge in [0.2, 0.25) is 17.6 Å². The number of fused-ring (bicyclic) bond motifs is 2.